The first kappa shape index (κ1) is 19.2. The molecule has 0 saturated carbocycles. The van der Waals surface area contributed by atoms with Crippen molar-refractivity contribution in [2.75, 3.05) is 23.3 Å². The van der Waals surface area contributed by atoms with Crippen LogP contribution in [0.15, 0.2) is 42.5 Å². The fraction of sp³-hybridized carbons (Fsp3) is 0.350. The van der Waals surface area contributed by atoms with E-state index in [2.05, 4.69) is 5.32 Å². The third-order valence-corrected chi connectivity index (χ3v) is 4.72. The zero-order chi connectivity index (χ0) is 19.4. The molecule has 1 fully saturated rings. The Morgan fingerprint density at radius 1 is 1.04 bits per heavy atom. The summed E-state index contributed by atoms with van der Waals surface area (Å²) in [6.45, 7) is 1.88. The third kappa shape index (κ3) is 4.60. The van der Waals surface area contributed by atoms with Gasteiger partial charge in [-0.3, -0.25) is 4.79 Å². The molecular weight excluding hydrogens is 355 g/mol. The number of amides is 1. The van der Waals surface area contributed by atoms with Gasteiger partial charge < -0.3 is 16.0 Å². The van der Waals surface area contributed by atoms with Crippen molar-refractivity contribution in [2.24, 2.45) is 5.73 Å². The fourth-order valence-corrected chi connectivity index (χ4v) is 3.21. The zero-order valence-electron chi connectivity index (χ0n) is 14.9. The normalized spacial score (nSPS) is 14.9. The lowest BCUT2D eigenvalue weighted by atomic mass is 10.1. The van der Waals surface area contributed by atoms with Gasteiger partial charge in [-0.15, -0.1) is 0 Å². The maximum Gasteiger partial charge on any atom is 0.416 e. The number of nitrogens with two attached hydrogens (primary N) is 1. The second-order valence-corrected chi connectivity index (χ2v) is 6.63. The Balaban J connectivity index is 1.91. The van der Waals surface area contributed by atoms with Crippen LogP contribution in [0.5, 0.6) is 0 Å². The fourth-order valence-electron chi connectivity index (χ4n) is 3.21. The first-order valence-corrected chi connectivity index (χ1v) is 8.95. The summed E-state index contributed by atoms with van der Waals surface area (Å²) in [5.74, 6) is -0.448. The number of hydrogen-bond acceptors (Lipinski definition) is 3. The Hall–Kier alpha value is -2.54. The van der Waals surface area contributed by atoms with E-state index in [9.17, 15) is 18.0 Å². The quantitative estimate of drug-likeness (QED) is 0.830. The molecule has 1 aliphatic rings. The number of nitrogens with zero attached hydrogens (tertiary/aromatic N) is 1. The standard InChI is InChI=1S/C20H22F3N3O/c21-20(22,23)16-8-9-18(26-10-2-1-3-11-26)17(12-16)25-19(27)15-6-4-14(13-24)5-7-15/h4-9,12H,1-3,10-11,13,24H2,(H,25,27). The van der Waals surface area contributed by atoms with Crippen LogP contribution in [-0.2, 0) is 12.7 Å². The molecule has 7 heteroatoms. The molecule has 1 amide bonds. The van der Waals surface area contributed by atoms with Crippen molar-refractivity contribution in [1.29, 1.82) is 0 Å². The van der Waals surface area contributed by atoms with Crippen LogP contribution in [0.2, 0.25) is 0 Å². The van der Waals surface area contributed by atoms with Gasteiger partial charge in [-0.25, -0.2) is 0 Å². The summed E-state index contributed by atoms with van der Waals surface area (Å²) in [7, 11) is 0. The van der Waals surface area contributed by atoms with Crippen molar-refractivity contribution in [3.63, 3.8) is 0 Å². The van der Waals surface area contributed by atoms with Gasteiger partial charge in [0.05, 0.1) is 16.9 Å². The number of alkyl halides is 3. The van der Waals surface area contributed by atoms with E-state index in [1.807, 2.05) is 4.90 Å². The monoisotopic (exact) mass is 377 g/mol. The number of halogens is 3. The highest BCUT2D eigenvalue weighted by Crippen LogP contribution is 2.36. The van der Waals surface area contributed by atoms with E-state index in [4.69, 9.17) is 5.73 Å². The Morgan fingerprint density at radius 2 is 1.70 bits per heavy atom. The second-order valence-electron chi connectivity index (χ2n) is 6.63. The number of carbonyl (C=O) groups is 1. The van der Waals surface area contributed by atoms with E-state index in [0.29, 0.717) is 17.8 Å². The van der Waals surface area contributed by atoms with E-state index in [1.54, 1.807) is 24.3 Å². The second kappa shape index (κ2) is 8.00. The molecule has 0 aromatic heterocycles. The summed E-state index contributed by atoms with van der Waals surface area (Å²) in [6, 6.07) is 10.2. The third-order valence-electron chi connectivity index (χ3n) is 4.72. The van der Waals surface area contributed by atoms with Crippen LogP contribution in [0, 0.1) is 0 Å². The number of piperidine rings is 1. The van der Waals surface area contributed by atoms with Crippen molar-refractivity contribution >= 4 is 17.3 Å². The number of carbonyl (C=O) groups excluding carboxylic acids is 1. The van der Waals surface area contributed by atoms with Crippen LogP contribution in [0.4, 0.5) is 24.5 Å². The van der Waals surface area contributed by atoms with Gasteiger partial charge in [0.2, 0.25) is 0 Å². The van der Waals surface area contributed by atoms with Crippen LogP contribution in [0.25, 0.3) is 0 Å². The largest absolute Gasteiger partial charge is 0.416 e. The van der Waals surface area contributed by atoms with Crippen molar-refractivity contribution in [2.45, 2.75) is 32.0 Å². The molecule has 1 aliphatic heterocycles. The van der Waals surface area contributed by atoms with Gasteiger partial charge >= 0.3 is 6.18 Å². The Kier molecular flexibility index (Phi) is 5.70. The minimum absolute atomic E-state index is 0.180. The molecule has 27 heavy (non-hydrogen) atoms. The smallest absolute Gasteiger partial charge is 0.370 e. The summed E-state index contributed by atoms with van der Waals surface area (Å²) in [4.78, 5) is 14.6. The molecule has 0 atom stereocenters. The summed E-state index contributed by atoms with van der Waals surface area (Å²) in [6.07, 6.45) is -1.40. The first-order chi connectivity index (χ1) is 12.9. The Morgan fingerprint density at radius 3 is 2.30 bits per heavy atom. The number of rotatable bonds is 4. The number of hydrogen-bond donors (Lipinski definition) is 2. The highest BCUT2D eigenvalue weighted by molar-refractivity contribution is 6.06. The molecule has 144 valence electrons. The van der Waals surface area contributed by atoms with Crippen LogP contribution >= 0.6 is 0 Å². The van der Waals surface area contributed by atoms with Crippen molar-refractivity contribution < 1.29 is 18.0 Å². The molecule has 3 rings (SSSR count). The van der Waals surface area contributed by atoms with Crippen molar-refractivity contribution in [3.8, 4) is 0 Å². The molecule has 4 nitrogen and oxygen atoms in total. The number of benzene rings is 2. The maximum atomic E-state index is 13.1. The lowest BCUT2D eigenvalue weighted by Gasteiger charge is -2.31. The predicted molar refractivity (Wildman–Crippen MR) is 99.8 cm³/mol. The van der Waals surface area contributed by atoms with Crippen LogP contribution in [-0.4, -0.2) is 19.0 Å². The molecule has 0 radical (unpaired) electrons. The minimum Gasteiger partial charge on any atom is -0.370 e. The SMILES string of the molecule is NCc1ccc(C(=O)Nc2cc(C(F)(F)F)ccc2N2CCCCC2)cc1. The van der Waals surface area contributed by atoms with Crippen molar-refractivity contribution in [1.82, 2.24) is 0 Å². The van der Waals surface area contributed by atoms with Gasteiger partial charge in [0.15, 0.2) is 0 Å². The topological polar surface area (TPSA) is 58.4 Å². The lowest BCUT2D eigenvalue weighted by Crippen LogP contribution is -2.30. The molecule has 3 N–H and O–H groups in total. The van der Waals surface area contributed by atoms with Gasteiger partial charge in [0.25, 0.3) is 5.91 Å². The van der Waals surface area contributed by atoms with Gasteiger partial charge in [-0.05, 0) is 55.2 Å². The summed E-state index contributed by atoms with van der Waals surface area (Å²) >= 11 is 0. The molecule has 2 aromatic carbocycles. The Labute approximate surface area is 156 Å². The molecule has 0 unspecified atom stereocenters. The highest BCUT2D eigenvalue weighted by atomic mass is 19.4. The maximum absolute atomic E-state index is 13.1. The number of anilines is 2. The zero-order valence-corrected chi connectivity index (χ0v) is 14.9. The van der Waals surface area contributed by atoms with E-state index in [1.165, 1.54) is 6.07 Å². The Bertz CT molecular complexity index is 797. The van der Waals surface area contributed by atoms with Crippen LogP contribution < -0.4 is 16.0 Å². The van der Waals surface area contributed by atoms with Crippen molar-refractivity contribution in [3.05, 3.63) is 59.2 Å². The van der Waals surface area contributed by atoms with Gasteiger partial charge in [-0.1, -0.05) is 12.1 Å². The average molecular weight is 377 g/mol. The van der Waals surface area contributed by atoms with Crippen LogP contribution in [0.1, 0.15) is 40.7 Å². The van der Waals surface area contributed by atoms with Gasteiger partial charge in [-0.2, -0.15) is 13.2 Å². The number of nitrogens with one attached hydrogen (secondary N) is 1. The molecule has 0 bridgehead atoms. The van der Waals surface area contributed by atoms with E-state index in [-0.39, 0.29) is 5.69 Å². The van der Waals surface area contributed by atoms with E-state index in [0.717, 1.165) is 50.0 Å². The van der Waals surface area contributed by atoms with Gasteiger partial charge in [0.1, 0.15) is 0 Å². The first-order valence-electron chi connectivity index (χ1n) is 8.95. The summed E-state index contributed by atoms with van der Waals surface area (Å²) < 4.78 is 39.4. The molecule has 1 heterocycles. The molecular formula is C20H22F3N3O. The summed E-state index contributed by atoms with van der Waals surface area (Å²) in [5.41, 5.74) is 6.81. The predicted octanol–water partition coefficient (Wildman–Crippen LogP) is 4.41. The molecule has 2 aromatic rings. The highest BCUT2D eigenvalue weighted by Gasteiger charge is 2.32. The summed E-state index contributed by atoms with van der Waals surface area (Å²) in [5, 5.41) is 2.66. The lowest BCUT2D eigenvalue weighted by molar-refractivity contribution is -0.137. The molecule has 0 spiro atoms. The molecule has 0 aliphatic carbocycles. The van der Waals surface area contributed by atoms with E-state index < -0.39 is 17.6 Å². The minimum atomic E-state index is -4.47. The van der Waals surface area contributed by atoms with E-state index >= 15 is 0 Å². The molecule has 1 saturated heterocycles. The van der Waals surface area contributed by atoms with Crippen LogP contribution in [0.3, 0.4) is 0 Å². The van der Waals surface area contributed by atoms with Gasteiger partial charge in [0, 0.05) is 25.2 Å². The average Bonchev–Trinajstić information content (AvgIpc) is 2.68.